The highest BCUT2D eigenvalue weighted by Gasteiger charge is 2.32. The molecule has 6 nitrogen and oxygen atoms in total. The molecule has 0 amide bonds. The Morgan fingerprint density at radius 2 is 2.05 bits per heavy atom. The minimum atomic E-state index is 0.193. The summed E-state index contributed by atoms with van der Waals surface area (Å²) in [5.41, 5.74) is 5.69. The van der Waals surface area contributed by atoms with Crippen molar-refractivity contribution in [1.82, 2.24) is 15.0 Å². The first-order chi connectivity index (χ1) is 9.67. The molecule has 7 heteroatoms. The fourth-order valence-electron chi connectivity index (χ4n) is 2.42. The van der Waals surface area contributed by atoms with E-state index in [2.05, 4.69) is 26.5 Å². The largest absolute Gasteiger partial charge is 0.463 e. The Bertz CT molecular complexity index is 437. The fraction of sp³-hybridized carbons (Fsp3) is 0.769. The third-order valence-electron chi connectivity index (χ3n) is 3.58. The summed E-state index contributed by atoms with van der Waals surface area (Å²) in [5, 5.41) is 3.29. The van der Waals surface area contributed by atoms with Crippen LogP contribution in [-0.2, 0) is 0 Å². The molecule has 112 valence electrons. The van der Waals surface area contributed by atoms with Crippen LogP contribution in [0.15, 0.2) is 0 Å². The summed E-state index contributed by atoms with van der Waals surface area (Å²) in [6.07, 6.45) is 8.15. The second kappa shape index (κ2) is 6.97. The highest BCUT2D eigenvalue weighted by atomic mass is 32.2. The summed E-state index contributed by atoms with van der Waals surface area (Å²) in [7, 11) is 0. The van der Waals surface area contributed by atoms with Crippen molar-refractivity contribution >= 4 is 23.7 Å². The van der Waals surface area contributed by atoms with Crippen molar-refractivity contribution < 1.29 is 4.74 Å². The van der Waals surface area contributed by atoms with Crippen LogP contribution in [-0.4, -0.2) is 39.1 Å². The lowest BCUT2D eigenvalue weighted by Gasteiger charge is -2.26. The van der Waals surface area contributed by atoms with Gasteiger partial charge in [0, 0.05) is 11.3 Å². The van der Waals surface area contributed by atoms with Crippen LogP contribution in [0, 0.1) is 0 Å². The number of rotatable bonds is 7. The van der Waals surface area contributed by atoms with Gasteiger partial charge in [0.2, 0.25) is 11.9 Å². The number of thioether (sulfide) groups is 1. The van der Waals surface area contributed by atoms with Gasteiger partial charge in [0.05, 0.1) is 6.61 Å². The molecule has 0 saturated heterocycles. The summed E-state index contributed by atoms with van der Waals surface area (Å²) in [6, 6.07) is 0.298. The van der Waals surface area contributed by atoms with Crippen LogP contribution in [0.1, 0.15) is 39.0 Å². The van der Waals surface area contributed by atoms with Crippen LogP contribution in [0.25, 0.3) is 0 Å². The summed E-state index contributed by atoms with van der Waals surface area (Å²) >= 11 is 1.93. The van der Waals surface area contributed by atoms with Crippen molar-refractivity contribution in [2.45, 2.75) is 43.8 Å². The Morgan fingerprint density at radius 3 is 2.70 bits per heavy atom. The van der Waals surface area contributed by atoms with Crippen LogP contribution in [0.5, 0.6) is 6.01 Å². The molecule has 2 rings (SSSR count). The lowest BCUT2D eigenvalue weighted by molar-refractivity contribution is 0.292. The van der Waals surface area contributed by atoms with Gasteiger partial charge in [-0.05, 0) is 25.5 Å². The van der Waals surface area contributed by atoms with Crippen molar-refractivity contribution in [2.24, 2.45) is 0 Å². The zero-order valence-electron chi connectivity index (χ0n) is 12.2. The maximum Gasteiger partial charge on any atom is 0.323 e. The summed E-state index contributed by atoms with van der Waals surface area (Å²) in [6.45, 7) is 3.47. The van der Waals surface area contributed by atoms with E-state index < -0.39 is 0 Å². The minimum absolute atomic E-state index is 0.193. The standard InChI is InChI=1S/C13H23N5OS/c1-3-8-19-12-17-10(14)16-11(18-12)15-9-13(20-2)6-4-5-7-13/h3-9H2,1-2H3,(H3,14,15,16,17,18). The van der Waals surface area contributed by atoms with Crippen LogP contribution >= 0.6 is 11.8 Å². The van der Waals surface area contributed by atoms with Gasteiger partial charge < -0.3 is 15.8 Å². The monoisotopic (exact) mass is 297 g/mol. The lowest BCUT2D eigenvalue weighted by Crippen LogP contribution is -2.30. The van der Waals surface area contributed by atoms with Gasteiger partial charge in [-0.3, -0.25) is 0 Å². The molecule has 0 unspecified atom stereocenters. The van der Waals surface area contributed by atoms with Gasteiger partial charge in [0.25, 0.3) is 0 Å². The van der Waals surface area contributed by atoms with Gasteiger partial charge in [-0.2, -0.15) is 26.7 Å². The average molecular weight is 297 g/mol. The molecule has 1 fully saturated rings. The number of nitrogens with zero attached hydrogens (tertiary/aromatic N) is 3. The Kier molecular flexibility index (Phi) is 5.28. The predicted octanol–water partition coefficient (Wildman–Crippen LogP) is 2.33. The van der Waals surface area contributed by atoms with Gasteiger partial charge in [-0.25, -0.2) is 0 Å². The maximum atomic E-state index is 5.69. The van der Waals surface area contributed by atoms with Gasteiger partial charge in [-0.1, -0.05) is 19.8 Å². The van der Waals surface area contributed by atoms with Crippen molar-refractivity contribution in [3.8, 4) is 6.01 Å². The number of aromatic nitrogens is 3. The highest BCUT2D eigenvalue weighted by Crippen LogP contribution is 2.40. The Hall–Kier alpha value is -1.24. The summed E-state index contributed by atoms with van der Waals surface area (Å²) < 4.78 is 5.71. The molecule has 3 N–H and O–H groups in total. The zero-order chi connectivity index (χ0) is 14.4. The number of hydrogen-bond donors (Lipinski definition) is 2. The first-order valence-electron chi connectivity index (χ1n) is 7.11. The maximum absolute atomic E-state index is 5.69. The second-order valence-corrected chi connectivity index (χ2v) is 6.37. The smallest absolute Gasteiger partial charge is 0.323 e. The molecule has 0 atom stereocenters. The van der Waals surface area contributed by atoms with E-state index in [9.17, 15) is 0 Å². The van der Waals surface area contributed by atoms with Crippen LogP contribution in [0.4, 0.5) is 11.9 Å². The molecule has 1 aliphatic rings. The van der Waals surface area contributed by atoms with E-state index in [0.717, 1.165) is 13.0 Å². The summed E-state index contributed by atoms with van der Waals surface area (Å²) in [4.78, 5) is 12.4. The third kappa shape index (κ3) is 3.88. The van der Waals surface area contributed by atoms with E-state index in [1.165, 1.54) is 25.7 Å². The minimum Gasteiger partial charge on any atom is -0.463 e. The molecule has 0 spiro atoms. The number of nitrogens with one attached hydrogen (secondary N) is 1. The van der Waals surface area contributed by atoms with Gasteiger partial charge in [0.1, 0.15) is 0 Å². The predicted molar refractivity (Wildman–Crippen MR) is 83.2 cm³/mol. The number of anilines is 2. The first-order valence-corrected chi connectivity index (χ1v) is 8.33. The second-order valence-electron chi connectivity index (χ2n) is 5.10. The van der Waals surface area contributed by atoms with Crippen molar-refractivity contribution in [1.29, 1.82) is 0 Å². The third-order valence-corrected chi connectivity index (χ3v) is 5.00. The molecule has 1 aliphatic carbocycles. The van der Waals surface area contributed by atoms with Crippen molar-refractivity contribution in [2.75, 3.05) is 30.5 Å². The molecule has 1 saturated carbocycles. The van der Waals surface area contributed by atoms with Gasteiger partial charge >= 0.3 is 6.01 Å². The SMILES string of the molecule is CCCOc1nc(N)nc(NCC2(SC)CCCC2)n1. The molecular weight excluding hydrogens is 274 g/mol. The number of nitrogen functional groups attached to an aromatic ring is 1. The molecule has 0 aliphatic heterocycles. The lowest BCUT2D eigenvalue weighted by atomic mass is 10.1. The average Bonchev–Trinajstić information content (AvgIpc) is 2.92. The zero-order valence-corrected chi connectivity index (χ0v) is 13.0. The van der Waals surface area contributed by atoms with Crippen LogP contribution in [0.3, 0.4) is 0 Å². The molecule has 0 aromatic carbocycles. The molecule has 1 aromatic heterocycles. The Morgan fingerprint density at radius 1 is 1.30 bits per heavy atom. The first kappa shape index (κ1) is 15.2. The number of hydrogen-bond acceptors (Lipinski definition) is 7. The molecular formula is C13H23N5OS. The molecule has 20 heavy (non-hydrogen) atoms. The van der Waals surface area contributed by atoms with Crippen LogP contribution in [0.2, 0.25) is 0 Å². The Labute approximate surface area is 124 Å². The van der Waals surface area contributed by atoms with E-state index in [0.29, 0.717) is 23.3 Å². The molecule has 0 radical (unpaired) electrons. The van der Waals surface area contributed by atoms with Crippen LogP contribution < -0.4 is 15.8 Å². The Balaban J connectivity index is 1.99. The molecule has 0 bridgehead atoms. The molecule has 1 aromatic rings. The van der Waals surface area contributed by atoms with E-state index in [1.807, 2.05) is 18.7 Å². The fourth-order valence-corrected chi connectivity index (χ4v) is 3.34. The topological polar surface area (TPSA) is 86.0 Å². The summed E-state index contributed by atoms with van der Waals surface area (Å²) in [5.74, 6) is 0.696. The highest BCUT2D eigenvalue weighted by molar-refractivity contribution is 8.00. The van der Waals surface area contributed by atoms with E-state index in [4.69, 9.17) is 10.5 Å². The quantitative estimate of drug-likeness (QED) is 0.798. The van der Waals surface area contributed by atoms with E-state index in [-0.39, 0.29) is 5.95 Å². The van der Waals surface area contributed by atoms with Gasteiger partial charge in [-0.15, -0.1) is 0 Å². The molecule has 1 heterocycles. The van der Waals surface area contributed by atoms with Crippen molar-refractivity contribution in [3.63, 3.8) is 0 Å². The number of ether oxygens (including phenoxy) is 1. The van der Waals surface area contributed by atoms with Crippen molar-refractivity contribution in [3.05, 3.63) is 0 Å². The number of nitrogens with two attached hydrogens (primary N) is 1. The van der Waals surface area contributed by atoms with E-state index in [1.54, 1.807) is 0 Å². The van der Waals surface area contributed by atoms with E-state index >= 15 is 0 Å². The van der Waals surface area contributed by atoms with Gasteiger partial charge in [0.15, 0.2) is 0 Å². The normalized spacial score (nSPS) is 17.1.